The number of carbonyl (C=O) groups excluding carboxylic acids is 1. The molecule has 1 aromatic rings. The van der Waals surface area contributed by atoms with Gasteiger partial charge >= 0.3 is 0 Å². The lowest BCUT2D eigenvalue weighted by molar-refractivity contribution is 0.0703. The van der Waals surface area contributed by atoms with Crippen molar-refractivity contribution in [3.8, 4) is 0 Å². The van der Waals surface area contributed by atoms with Gasteiger partial charge in [0.25, 0.3) is 5.91 Å². The van der Waals surface area contributed by atoms with Gasteiger partial charge in [0.15, 0.2) is 0 Å². The Morgan fingerprint density at radius 1 is 1.67 bits per heavy atom. The normalized spacial score (nSPS) is 12.3. The molecule has 1 heterocycles. The molecule has 0 fully saturated rings. The quantitative estimate of drug-likeness (QED) is 0.801. The topological polar surface area (TPSA) is 53.4 Å². The van der Waals surface area contributed by atoms with E-state index < -0.39 is 11.9 Å². The summed E-state index contributed by atoms with van der Waals surface area (Å²) in [5, 5.41) is 9.09. The lowest BCUT2D eigenvalue weighted by Gasteiger charge is -2.18. The van der Waals surface area contributed by atoms with Crippen LogP contribution >= 0.6 is 0 Å². The Bertz CT molecular complexity index is 355. The number of aromatic nitrogens is 1. The summed E-state index contributed by atoms with van der Waals surface area (Å²) in [6.45, 7) is 1.78. The van der Waals surface area contributed by atoms with Crippen molar-refractivity contribution in [2.75, 3.05) is 13.6 Å². The van der Waals surface area contributed by atoms with Crippen LogP contribution in [-0.2, 0) is 0 Å². The van der Waals surface area contributed by atoms with Gasteiger partial charge in [-0.05, 0) is 13.0 Å². The van der Waals surface area contributed by atoms with Gasteiger partial charge in [0.05, 0.1) is 17.9 Å². The van der Waals surface area contributed by atoms with Gasteiger partial charge in [0.2, 0.25) is 0 Å². The Hall–Kier alpha value is -1.49. The number of hydrogen-bond acceptors (Lipinski definition) is 3. The molecule has 0 aliphatic heterocycles. The van der Waals surface area contributed by atoms with E-state index >= 15 is 0 Å². The first kappa shape index (κ1) is 11.6. The van der Waals surface area contributed by atoms with Gasteiger partial charge < -0.3 is 10.0 Å². The third-order valence-electron chi connectivity index (χ3n) is 1.84. The number of pyridine rings is 1. The highest BCUT2D eigenvalue weighted by molar-refractivity contribution is 5.93. The van der Waals surface area contributed by atoms with Crippen molar-refractivity contribution in [3.05, 3.63) is 29.8 Å². The average Bonchev–Trinajstić information content (AvgIpc) is 2.15. The van der Waals surface area contributed by atoms with Gasteiger partial charge in [-0.1, -0.05) is 0 Å². The molecule has 0 spiro atoms. The van der Waals surface area contributed by atoms with Gasteiger partial charge in [-0.2, -0.15) is 0 Å². The number of carbonyl (C=O) groups is 1. The van der Waals surface area contributed by atoms with Gasteiger partial charge in [-0.25, -0.2) is 4.39 Å². The standard InChI is InChI=1S/C10H13FN2O2/c1-7(14)6-13(2)10(15)8-3-9(11)5-12-4-8/h3-5,7,14H,6H2,1-2H3. The Labute approximate surface area is 87.4 Å². The first-order valence-electron chi connectivity index (χ1n) is 4.55. The molecule has 1 aromatic heterocycles. The van der Waals surface area contributed by atoms with Gasteiger partial charge in [-0.3, -0.25) is 9.78 Å². The summed E-state index contributed by atoms with van der Waals surface area (Å²) in [4.78, 5) is 16.5. The Morgan fingerprint density at radius 3 is 2.87 bits per heavy atom. The molecule has 15 heavy (non-hydrogen) atoms. The minimum absolute atomic E-state index is 0.179. The Balaban J connectivity index is 2.76. The summed E-state index contributed by atoms with van der Waals surface area (Å²) >= 11 is 0. The van der Waals surface area contributed by atoms with Gasteiger partial charge in [0, 0.05) is 19.8 Å². The van der Waals surface area contributed by atoms with Crippen LogP contribution < -0.4 is 0 Å². The number of aliphatic hydroxyl groups is 1. The molecule has 1 amide bonds. The molecule has 0 aliphatic carbocycles. The fraction of sp³-hybridized carbons (Fsp3) is 0.400. The van der Waals surface area contributed by atoms with E-state index in [1.165, 1.54) is 11.1 Å². The van der Waals surface area contributed by atoms with Gasteiger partial charge in [0.1, 0.15) is 5.82 Å². The molecule has 1 rings (SSSR count). The van der Waals surface area contributed by atoms with E-state index in [1.807, 2.05) is 0 Å². The molecule has 5 heteroatoms. The predicted octanol–water partition coefficient (Wildman–Crippen LogP) is 0.673. The molecule has 0 bridgehead atoms. The lowest BCUT2D eigenvalue weighted by atomic mass is 10.2. The molecule has 0 saturated heterocycles. The second-order valence-electron chi connectivity index (χ2n) is 3.43. The number of halogens is 1. The molecule has 1 atom stereocenters. The molecule has 0 radical (unpaired) electrons. The SMILES string of the molecule is CC(O)CN(C)C(=O)c1cncc(F)c1. The smallest absolute Gasteiger partial charge is 0.255 e. The highest BCUT2D eigenvalue weighted by Gasteiger charge is 2.13. The average molecular weight is 212 g/mol. The van der Waals surface area contributed by atoms with E-state index in [0.29, 0.717) is 0 Å². The summed E-state index contributed by atoms with van der Waals surface area (Å²) in [5.41, 5.74) is 0.179. The second kappa shape index (κ2) is 4.84. The summed E-state index contributed by atoms with van der Waals surface area (Å²) in [7, 11) is 1.54. The van der Waals surface area contributed by atoms with Crippen LogP contribution in [-0.4, -0.2) is 40.6 Å². The van der Waals surface area contributed by atoms with E-state index in [4.69, 9.17) is 5.11 Å². The van der Waals surface area contributed by atoms with Crippen molar-refractivity contribution >= 4 is 5.91 Å². The van der Waals surface area contributed by atoms with E-state index in [0.717, 1.165) is 12.3 Å². The fourth-order valence-electron chi connectivity index (χ4n) is 1.23. The van der Waals surface area contributed by atoms with E-state index in [1.54, 1.807) is 14.0 Å². The fourth-order valence-corrected chi connectivity index (χ4v) is 1.23. The predicted molar refractivity (Wildman–Crippen MR) is 52.8 cm³/mol. The van der Waals surface area contributed by atoms with Crippen LogP contribution in [0.4, 0.5) is 4.39 Å². The molecule has 0 aliphatic rings. The second-order valence-corrected chi connectivity index (χ2v) is 3.43. The molecule has 82 valence electrons. The lowest BCUT2D eigenvalue weighted by Crippen LogP contribution is -2.33. The number of nitrogens with zero attached hydrogens (tertiary/aromatic N) is 2. The van der Waals surface area contributed by atoms with Crippen molar-refractivity contribution in [2.45, 2.75) is 13.0 Å². The zero-order valence-corrected chi connectivity index (χ0v) is 8.64. The molecular formula is C10H13FN2O2. The maximum atomic E-state index is 12.8. The zero-order valence-electron chi connectivity index (χ0n) is 8.64. The van der Waals surface area contributed by atoms with Crippen molar-refractivity contribution in [1.29, 1.82) is 0 Å². The van der Waals surface area contributed by atoms with Crippen LogP contribution in [0.2, 0.25) is 0 Å². The van der Waals surface area contributed by atoms with Gasteiger partial charge in [-0.15, -0.1) is 0 Å². The van der Waals surface area contributed by atoms with E-state index in [2.05, 4.69) is 4.98 Å². The highest BCUT2D eigenvalue weighted by atomic mass is 19.1. The number of rotatable bonds is 3. The van der Waals surface area contributed by atoms with Crippen molar-refractivity contribution in [3.63, 3.8) is 0 Å². The monoisotopic (exact) mass is 212 g/mol. The van der Waals surface area contributed by atoms with Crippen LogP contribution in [0.25, 0.3) is 0 Å². The number of amides is 1. The number of aliphatic hydroxyl groups excluding tert-OH is 1. The first-order valence-corrected chi connectivity index (χ1v) is 4.55. The molecule has 1 unspecified atom stereocenters. The largest absolute Gasteiger partial charge is 0.392 e. The van der Waals surface area contributed by atoms with Crippen LogP contribution in [0.3, 0.4) is 0 Å². The van der Waals surface area contributed by atoms with Crippen molar-refractivity contribution in [2.24, 2.45) is 0 Å². The Morgan fingerprint density at radius 2 is 2.33 bits per heavy atom. The minimum Gasteiger partial charge on any atom is -0.392 e. The molecule has 4 nitrogen and oxygen atoms in total. The number of hydrogen-bond donors (Lipinski definition) is 1. The summed E-state index contributed by atoms with van der Waals surface area (Å²) in [5.74, 6) is -0.908. The van der Waals surface area contributed by atoms with Crippen LogP contribution in [0.15, 0.2) is 18.5 Å². The maximum absolute atomic E-state index is 12.8. The molecule has 1 N–H and O–H groups in total. The first-order chi connectivity index (χ1) is 7.00. The summed E-state index contributed by atoms with van der Waals surface area (Å²) < 4.78 is 12.8. The van der Waals surface area contributed by atoms with Crippen LogP contribution in [0.1, 0.15) is 17.3 Å². The Kier molecular flexibility index (Phi) is 3.74. The zero-order chi connectivity index (χ0) is 11.4. The number of likely N-dealkylation sites (N-methyl/N-ethyl adjacent to an activating group) is 1. The third-order valence-corrected chi connectivity index (χ3v) is 1.84. The minimum atomic E-state index is -0.611. The highest BCUT2D eigenvalue weighted by Crippen LogP contribution is 2.04. The van der Waals surface area contributed by atoms with Crippen molar-refractivity contribution < 1.29 is 14.3 Å². The van der Waals surface area contributed by atoms with E-state index in [9.17, 15) is 9.18 Å². The summed E-state index contributed by atoms with van der Waals surface area (Å²) in [6, 6.07) is 1.12. The van der Waals surface area contributed by atoms with E-state index in [-0.39, 0.29) is 18.0 Å². The molecule has 0 saturated carbocycles. The van der Waals surface area contributed by atoms with Crippen molar-refractivity contribution in [1.82, 2.24) is 9.88 Å². The van der Waals surface area contributed by atoms with Crippen LogP contribution in [0, 0.1) is 5.82 Å². The third kappa shape index (κ3) is 3.28. The summed E-state index contributed by atoms with van der Waals surface area (Å²) in [6.07, 6.45) is 1.72. The molecular weight excluding hydrogens is 199 g/mol. The maximum Gasteiger partial charge on any atom is 0.255 e. The molecule has 0 aromatic carbocycles. The van der Waals surface area contributed by atoms with Crippen LogP contribution in [0.5, 0.6) is 0 Å².